The summed E-state index contributed by atoms with van der Waals surface area (Å²) in [6, 6.07) is 0. The molecule has 0 heterocycles. The van der Waals surface area contributed by atoms with Gasteiger partial charge in [-0.05, 0) is 74.0 Å². The third-order valence-electron chi connectivity index (χ3n) is 15.0. The fourth-order valence-corrected chi connectivity index (χ4v) is 10.4. The number of hydrogen-bond acceptors (Lipinski definition) is 21. The average molecular weight is 1420 g/mol. The Labute approximate surface area is 545 Å². The SMILES string of the molecule is CCCCC(CC)COC(=O)CC(C(=O)OCC(CC)CCCC)S(=O)(=O)[O-].CCCCC(CC)COC(=O)CC(C(=O)OCC(CC)CCCC)S(=O)(=O)[O-].CCCCC(CC)COC(=O)CC(C(=O)OCC(CC)CCCC)S(=O)(=O)[O-].[Gd+3]. The standard InChI is InChI=1S/3C20H38O7S.Gd/c3*1-5-9-11-16(7-3)14-26-19(21)13-18(28(23,24)25)20(22)27-15-17(8-4)12-10-6-2;/h3*16-18H,5-15H2,1-4H3,(H,23,24,25);/q;;;+3/p-3. The molecule has 0 aliphatic rings. The van der Waals surface area contributed by atoms with Crippen molar-refractivity contribution in [2.24, 2.45) is 35.5 Å². The van der Waals surface area contributed by atoms with Gasteiger partial charge in [-0.2, -0.15) is 0 Å². The van der Waals surface area contributed by atoms with Crippen molar-refractivity contribution in [3.8, 4) is 0 Å². The van der Waals surface area contributed by atoms with Gasteiger partial charge in [-0.15, -0.1) is 0 Å². The van der Waals surface area contributed by atoms with Crippen molar-refractivity contribution >= 4 is 66.2 Å². The molecule has 21 nitrogen and oxygen atoms in total. The van der Waals surface area contributed by atoms with E-state index < -0.39 is 101 Å². The molecule has 25 heteroatoms. The predicted molar refractivity (Wildman–Crippen MR) is 320 cm³/mol. The molecule has 0 aromatic rings. The van der Waals surface area contributed by atoms with E-state index in [9.17, 15) is 67.7 Å². The Balaban J connectivity index is -0.000000576. The maximum absolute atomic E-state index is 12.1. The van der Waals surface area contributed by atoms with Crippen LogP contribution in [-0.4, -0.2) is 130 Å². The molecule has 9 atom stereocenters. The summed E-state index contributed by atoms with van der Waals surface area (Å²) in [5.74, 6) is -5.23. The Bertz CT molecular complexity index is 1880. The molecule has 0 N–H and O–H groups in total. The van der Waals surface area contributed by atoms with Gasteiger partial charge >= 0.3 is 75.8 Å². The number of hydrogen-bond donors (Lipinski definition) is 0. The Morgan fingerprint density at radius 2 is 0.447 bits per heavy atom. The van der Waals surface area contributed by atoms with E-state index >= 15 is 0 Å². The van der Waals surface area contributed by atoms with E-state index in [2.05, 4.69) is 41.5 Å². The van der Waals surface area contributed by atoms with Gasteiger partial charge in [0.15, 0.2) is 15.7 Å². The van der Waals surface area contributed by atoms with Gasteiger partial charge in [-0.25, -0.2) is 25.3 Å². The zero-order valence-corrected chi connectivity index (χ0v) is 58.4. The van der Waals surface area contributed by atoms with Crippen LogP contribution in [0.15, 0.2) is 0 Å². The molecule has 0 amide bonds. The first-order chi connectivity index (χ1) is 39.6. The van der Waals surface area contributed by atoms with Crippen LogP contribution in [0.5, 0.6) is 0 Å². The van der Waals surface area contributed by atoms with Gasteiger partial charge in [0.05, 0.1) is 58.9 Å². The molecule has 0 aromatic carbocycles. The minimum Gasteiger partial charge on any atom is -0.747 e. The fourth-order valence-electron chi connectivity index (χ4n) is 8.44. The first-order valence-electron chi connectivity index (χ1n) is 31.4. The Morgan fingerprint density at radius 1 is 0.294 bits per heavy atom. The van der Waals surface area contributed by atoms with Crippen LogP contribution in [0.1, 0.15) is 256 Å². The number of carbonyl (C=O) groups excluding carboxylic acids is 6. The smallest absolute Gasteiger partial charge is 0.747 e. The van der Waals surface area contributed by atoms with Crippen LogP contribution in [-0.2, 0) is 87.5 Å². The van der Waals surface area contributed by atoms with E-state index in [0.717, 1.165) is 154 Å². The third kappa shape index (κ3) is 46.6. The molecule has 0 aliphatic carbocycles. The van der Waals surface area contributed by atoms with Crippen LogP contribution in [0.25, 0.3) is 0 Å². The summed E-state index contributed by atoms with van der Waals surface area (Å²) < 4.78 is 134. The molecular formula is C60H111GdO21S3. The van der Waals surface area contributed by atoms with Crippen molar-refractivity contribution < 1.29 is 136 Å². The molecule has 0 saturated heterocycles. The van der Waals surface area contributed by atoms with Crippen LogP contribution in [0, 0.1) is 75.4 Å². The molecule has 1 radical (unpaired) electrons. The molecule has 0 aromatic heterocycles. The van der Waals surface area contributed by atoms with E-state index in [1.807, 2.05) is 41.5 Å². The first kappa shape index (κ1) is 89.3. The van der Waals surface area contributed by atoms with Crippen molar-refractivity contribution in [2.45, 2.75) is 272 Å². The largest absolute Gasteiger partial charge is 3.00 e. The van der Waals surface area contributed by atoms with Gasteiger partial charge in [-0.3, -0.25) is 28.8 Å². The number of carbonyl (C=O) groups is 6. The second-order valence-electron chi connectivity index (χ2n) is 22.0. The van der Waals surface area contributed by atoms with Gasteiger partial charge in [0.1, 0.15) is 30.4 Å². The topological polar surface area (TPSA) is 329 Å². The predicted octanol–water partition coefficient (Wildman–Crippen LogP) is 11.4. The van der Waals surface area contributed by atoms with Gasteiger partial charge in [-0.1, -0.05) is 199 Å². The van der Waals surface area contributed by atoms with E-state index in [4.69, 9.17) is 28.4 Å². The minimum absolute atomic E-state index is 0. The Morgan fingerprint density at radius 3 is 0.576 bits per heavy atom. The summed E-state index contributed by atoms with van der Waals surface area (Å²) in [5, 5.41) is -6.17. The summed E-state index contributed by atoms with van der Waals surface area (Å²) in [5.41, 5.74) is 0. The van der Waals surface area contributed by atoms with Gasteiger partial charge in [0, 0.05) is 0 Å². The second-order valence-corrected chi connectivity index (χ2v) is 26.7. The summed E-state index contributed by atoms with van der Waals surface area (Å²) in [6.07, 6.45) is 19.7. The van der Waals surface area contributed by atoms with Crippen molar-refractivity contribution in [2.75, 3.05) is 39.6 Å². The Hall–Kier alpha value is -2.13. The molecule has 85 heavy (non-hydrogen) atoms. The molecule has 0 aliphatic heterocycles. The summed E-state index contributed by atoms with van der Waals surface area (Å²) in [4.78, 5) is 72.4. The van der Waals surface area contributed by atoms with Crippen LogP contribution >= 0.6 is 0 Å². The molecule has 0 spiro atoms. The van der Waals surface area contributed by atoms with Gasteiger partial charge in [0.2, 0.25) is 0 Å². The normalized spacial score (nSPS) is 14.7. The monoisotopic (exact) mass is 1420 g/mol. The van der Waals surface area contributed by atoms with E-state index in [1.54, 1.807) is 0 Å². The van der Waals surface area contributed by atoms with Crippen molar-refractivity contribution in [3.05, 3.63) is 0 Å². The zero-order chi connectivity index (χ0) is 64.7. The van der Waals surface area contributed by atoms with E-state index in [-0.39, 0.29) is 115 Å². The molecule has 0 saturated carbocycles. The minimum atomic E-state index is -5.01. The van der Waals surface area contributed by atoms with E-state index in [1.165, 1.54) is 0 Å². The van der Waals surface area contributed by atoms with Gasteiger partial charge in [0.25, 0.3) is 0 Å². The van der Waals surface area contributed by atoms with Crippen LogP contribution in [0.2, 0.25) is 0 Å². The number of unbranched alkanes of at least 4 members (excludes halogenated alkanes) is 6. The van der Waals surface area contributed by atoms with Crippen molar-refractivity contribution in [3.63, 3.8) is 0 Å². The van der Waals surface area contributed by atoms with Crippen LogP contribution in [0.4, 0.5) is 0 Å². The fraction of sp³-hybridized carbons (Fsp3) is 0.900. The number of ether oxygens (including phenoxy) is 6. The summed E-state index contributed by atoms with van der Waals surface area (Å²) in [7, 11) is -15.0. The summed E-state index contributed by atoms with van der Waals surface area (Å²) >= 11 is 0. The third-order valence-corrected chi connectivity index (χ3v) is 18.1. The van der Waals surface area contributed by atoms with Crippen molar-refractivity contribution in [1.29, 1.82) is 0 Å². The molecule has 0 fully saturated rings. The number of esters is 6. The quantitative estimate of drug-likeness (QED) is 0.0310. The van der Waals surface area contributed by atoms with Crippen LogP contribution < -0.4 is 0 Å². The molecule has 503 valence electrons. The molecule has 9 unspecified atom stereocenters. The Kier molecular flexibility index (Phi) is 56.4. The molecule has 0 rings (SSSR count). The second kappa shape index (κ2) is 53.7. The van der Waals surface area contributed by atoms with Gasteiger partial charge < -0.3 is 42.1 Å². The zero-order valence-electron chi connectivity index (χ0n) is 53.7. The van der Waals surface area contributed by atoms with Crippen LogP contribution in [0.3, 0.4) is 0 Å². The first-order valence-corrected chi connectivity index (χ1v) is 35.8. The summed E-state index contributed by atoms with van der Waals surface area (Å²) in [6.45, 7) is 24.8. The average Bonchev–Trinajstić information content (AvgIpc) is 3.64. The maximum Gasteiger partial charge on any atom is 3.00 e. The van der Waals surface area contributed by atoms with E-state index in [0.29, 0.717) is 0 Å². The molecule has 0 bridgehead atoms. The molecular weight excluding hydrogens is 1310 g/mol. The van der Waals surface area contributed by atoms with Crippen molar-refractivity contribution in [1.82, 2.24) is 0 Å². The maximum atomic E-state index is 12.1. The number of rotatable bonds is 48.